The summed E-state index contributed by atoms with van der Waals surface area (Å²) in [4.78, 5) is 2.23. The molecule has 1 fully saturated rings. The molecule has 2 heteroatoms. The molecule has 1 aliphatic heterocycles. The predicted octanol–water partition coefficient (Wildman–Crippen LogP) is 2.65. The summed E-state index contributed by atoms with van der Waals surface area (Å²) in [6.07, 6.45) is 4.47. The van der Waals surface area contributed by atoms with Crippen molar-refractivity contribution in [1.82, 2.24) is 4.90 Å². The maximum atomic E-state index is 9.09. The third kappa shape index (κ3) is 2.38. The molecule has 1 aromatic rings. The van der Waals surface area contributed by atoms with Crippen LogP contribution in [-0.2, 0) is 0 Å². The maximum Gasteiger partial charge on any atom is 0.101 e. The molecule has 0 N–H and O–H groups in total. The predicted molar refractivity (Wildman–Crippen MR) is 60.8 cm³/mol. The zero-order valence-electron chi connectivity index (χ0n) is 8.69. The number of hydrogen-bond donors (Lipinski definition) is 0. The Bertz CT molecular complexity index is 381. The Balaban J connectivity index is 2.21. The minimum Gasteiger partial charge on any atom is -0.376 e. The van der Waals surface area contributed by atoms with E-state index < -0.39 is 0 Å². The Morgan fingerprint density at radius 3 is 2.47 bits per heavy atom. The van der Waals surface area contributed by atoms with Gasteiger partial charge in [-0.2, -0.15) is 5.26 Å². The minimum atomic E-state index is 0.762. The van der Waals surface area contributed by atoms with Crippen molar-refractivity contribution in [3.8, 4) is 6.07 Å². The van der Waals surface area contributed by atoms with E-state index >= 15 is 0 Å². The Morgan fingerprint density at radius 2 is 1.87 bits per heavy atom. The quantitative estimate of drug-likeness (QED) is 0.683. The molecule has 0 saturated carbocycles. The standard InChI is InChI=1S/C13H14N2/c14-10-13(11-15-8-4-5-9-15)12-6-2-1-3-7-12/h1-3,6-7,11H,4-5,8-9H2. The third-order valence-electron chi connectivity index (χ3n) is 2.66. The Labute approximate surface area is 90.4 Å². The highest BCUT2D eigenvalue weighted by molar-refractivity contribution is 5.76. The van der Waals surface area contributed by atoms with E-state index in [2.05, 4.69) is 11.0 Å². The Hall–Kier alpha value is -1.75. The summed E-state index contributed by atoms with van der Waals surface area (Å²) in [5.74, 6) is 0. The lowest BCUT2D eigenvalue weighted by molar-refractivity contribution is 0.470. The van der Waals surface area contributed by atoms with Gasteiger partial charge in [0.15, 0.2) is 0 Å². The fraction of sp³-hybridized carbons (Fsp3) is 0.308. The summed E-state index contributed by atoms with van der Waals surface area (Å²) in [5, 5.41) is 9.09. The van der Waals surface area contributed by atoms with Crippen LogP contribution in [0, 0.1) is 11.3 Å². The van der Waals surface area contributed by atoms with Gasteiger partial charge in [-0.25, -0.2) is 0 Å². The van der Waals surface area contributed by atoms with Gasteiger partial charge < -0.3 is 4.90 Å². The first-order valence-electron chi connectivity index (χ1n) is 5.31. The number of rotatable bonds is 2. The molecule has 0 atom stereocenters. The van der Waals surface area contributed by atoms with Crippen molar-refractivity contribution >= 4 is 5.57 Å². The summed E-state index contributed by atoms with van der Waals surface area (Å²) in [5.41, 5.74) is 1.77. The molecule has 0 unspecified atom stereocenters. The summed E-state index contributed by atoms with van der Waals surface area (Å²) in [7, 11) is 0. The van der Waals surface area contributed by atoms with Gasteiger partial charge in [0.25, 0.3) is 0 Å². The van der Waals surface area contributed by atoms with Gasteiger partial charge in [0.05, 0.1) is 5.57 Å². The average molecular weight is 198 g/mol. The van der Waals surface area contributed by atoms with Gasteiger partial charge in [0, 0.05) is 19.3 Å². The van der Waals surface area contributed by atoms with Crippen molar-refractivity contribution in [3.63, 3.8) is 0 Å². The fourth-order valence-electron chi connectivity index (χ4n) is 1.84. The minimum absolute atomic E-state index is 0.762. The first-order valence-corrected chi connectivity index (χ1v) is 5.31. The van der Waals surface area contributed by atoms with Crippen molar-refractivity contribution in [2.45, 2.75) is 12.8 Å². The number of allylic oxidation sites excluding steroid dienone is 1. The van der Waals surface area contributed by atoms with Crippen LogP contribution in [0.5, 0.6) is 0 Å². The van der Waals surface area contributed by atoms with E-state index in [0.717, 1.165) is 24.2 Å². The highest BCUT2D eigenvalue weighted by atomic mass is 15.1. The highest BCUT2D eigenvalue weighted by Gasteiger charge is 2.09. The Morgan fingerprint density at radius 1 is 1.20 bits per heavy atom. The molecule has 2 rings (SSSR count). The summed E-state index contributed by atoms with van der Waals surface area (Å²) < 4.78 is 0. The first-order chi connectivity index (χ1) is 7.40. The van der Waals surface area contributed by atoms with Gasteiger partial charge in [-0.05, 0) is 18.4 Å². The lowest BCUT2D eigenvalue weighted by Crippen LogP contribution is -2.11. The molecule has 0 aromatic heterocycles. The molecule has 2 nitrogen and oxygen atoms in total. The monoisotopic (exact) mass is 198 g/mol. The van der Waals surface area contributed by atoms with Gasteiger partial charge in [-0.1, -0.05) is 30.3 Å². The Kier molecular flexibility index (Phi) is 3.04. The molecular weight excluding hydrogens is 184 g/mol. The second-order valence-corrected chi connectivity index (χ2v) is 3.76. The van der Waals surface area contributed by atoms with Gasteiger partial charge >= 0.3 is 0 Å². The molecule has 1 aliphatic rings. The van der Waals surface area contributed by atoms with Crippen LogP contribution in [-0.4, -0.2) is 18.0 Å². The van der Waals surface area contributed by atoms with Crippen LogP contribution >= 0.6 is 0 Å². The van der Waals surface area contributed by atoms with Crippen LogP contribution in [0.1, 0.15) is 18.4 Å². The third-order valence-corrected chi connectivity index (χ3v) is 2.66. The molecule has 0 aliphatic carbocycles. The molecule has 1 heterocycles. The van der Waals surface area contributed by atoms with E-state index in [9.17, 15) is 0 Å². The number of hydrogen-bond acceptors (Lipinski definition) is 2. The van der Waals surface area contributed by atoms with Gasteiger partial charge in [-0.15, -0.1) is 0 Å². The van der Waals surface area contributed by atoms with Crippen LogP contribution in [0.2, 0.25) is 0 Å². The topological polar surface area (TPSA) is 27.0 Å². The second-order valence-electron chi connectivity index (χ2n) is 3.76. The number of benzene rings is 1. The van der Waals surface area contributed by atoms with E-state index in [-0.39, 0.29) is 0 Å². The smallest absolute Gasteiger partial charge is 0.101 e. The number of likely N-dealkylation sites (tertiary alicyclic amines) is 1. The molecule has 0 spiro atoms. The van der Waals surface area contributed by atoms with Gasteiger partial charge in [0.2, 0.25) is 0 Å². The van der Waals surface area contributed by atoms with Crippen LogP contribution in [0.25, 0.3) is 5.57 Å². The second kappa shape index (κ2) is 4.65. The molecule has 1 aromatic carbocycles. The highest BCUT2D eigenvalue weighted by Crippen LogP contribution is 2.16. The van der Waals surface area contributed by atoms with Crippen molar-refractivity contribution in [2.24, 2.45) is 0 Å². The van der Waals surface area contributed by atoms with Gasteiger partial charge in [0.1, 0.15) is 6.07 Å². The fourth-order valence-corrected chi connectivity index (χ4v) is 1.84. The molecule has 1 saturated heterocycles. The van der Waals surface area contributed by atoms with Crippen LogP contribution < -0.4 is 0 Å². The van der Waals surface area contributed by atoms with Crippen molar-refractivity contribution < 1.29 is 0 Å². The van der Waals surface area contributed by atoms with Gasteiger partial charge in [-0.3, -0.25) is 0 Å². The maximum absolute atomic E-state index is 9.09. The van der Waals surface area contributed by atoms with Crippen molar-refractivity contribution in [2.75, 3.05) is 13.1 Å². The van der Waals surface area contributed by atoms with E-state index in [1.807, 2.05) is 36.5 Å². The molecule has 0 radical (unpaired) electrons. The average Bonchev–Trinajstić information content (AvgIpc) is 2.80. The normalized spacial score (nSPS) is 16.5. The number of nitrogens with zero attached hydrogens (tertiary/aromatic N) is 2. The zero-order chi connectivity index (χ0) is 10.5. The molecule has 0 bridgehead atoms. The van der Waals surface area contributed by atoms with Crippen LogP contribution in [0.15, 0.2) is 36.5 Å². The van der Waals surface area contributed by atoms with Crippen LogP contribution in [0.4, 0.5) is 0 Å². The molecular formula is C13H14N2. The zero-order valence-corrected chi connectivity index (χ0v) is 8.69. The van der Waals surface area contributed by atoms with Crippen molar-refractivity contribution in [3.05, 3.63) is 42.1 Å². The lowest BCUT2D eigenvalue weighted by Gasteiger charge is -2.11. The van der Waals surface area contributed by atoms with E-state index in [0.29, 0.717) is 0 Å². The van der Waals surface area contributed by atoms with E-state index in [1.165, 1.54) is 12.8 Å². The number of nitriles is 1. The summed E-state index contributed by atoms with van der Waals surface area (Å²) >= 11 is 0. The molecule has 15 heavy (non-hydrogen) atoms. The lowest BCUT2D eigenvalue weighted by atomic mass is 10.1. The summed E-state index contributed by atoms with van der Waals surface area (Å²) in [6, 6.07) is 12.1. The van der Waals surface area contributed by atoms with Crippen molar-refractivity contribution in [1.29, 1.82) is 5.26 Å². The largest absolute Gasteiger partial charge is 0.376 e. The van der Waals surface area contributed by atoms with E-state index in [4.69, 9.17) is 5.26 Å². The summed E-state index contributed by atoms with van der Waals surface area (Å²) in [6.45, 7) is 2.16. The first kappa shape index (κ1) is 9.79. The van der Waals surface area contributed by atoms with Crippen LogP contribution in [0.3, 0.4) is 0 Å². The molecule has 76 valence electrons. The SMILES string of the molecule is N#CC(=CN1CCCC1)c1ccccc1. The van der Waals surface area contributed by atoms with E-state index in [1.54, 1.807) is 0 Å². The molecule has 0 amide bonds.